The van der Waals surface area contributed by atoms with Gasteiger partial charge in [-0.2, -0.15) is 0 Å². The molecule has 0 spiro atoms. The third-order valence-corrected chi connectivity index (χ3v) is 4.28. The molecule has 86 valence electrons. The van der Waals surface area contributed by atoms with Gasteiger partial charge in [0.25, 0.3) is 0 Å². The molecule has 17 heavy (non-hydrogen) atoms. The second-order valence-corrected chi connectivity index (χ2v) is 6.05. The minimum atomic E-state index is 0.599. The summed E-state index contributed by atoms with van der Waals surface area (Å²) in [6.45, 7) is 6.77. The second kappa shape index (κ2) is 5.33. The van der Waals surface area contributed by atoms with Crippen molar-refractivity contribution in [2.45, 2.75) is 26.7 Å². The standard InChI is InChI=1S/C16H18Si/c1-12(2)16-13(3)8-7-11-15(16)17-14-9-5-4-6-10-14/h4-12H,1-3H3. The first-order valence-corrected chi connectivity index (χ1v) is 7.10. The topological polar surface area (TPSA) is 0 Å². The Labute approximate surface area is 107 Å². The first-order chi connectivity index (χ1) is 8.18. The van der Waals surface area contributed by atoms with Crippen LogP contribution < -0.4 is 10.4 Å². The van der Waals surface area contributed by atoms with Crippen molar-refractivity contribution in [1.29, 1.82) is 0 Å². The number of benzene rings is 2. The summed E-state index contributed by atoms with van der Waals surface area (Å²) in [5, 5.41) is 2.91. The maximum atomic E-state index is 2.28. The summed E-state index contributed by atoms with van der Waals surface area (Å²) in [5.41, 5.74) is 2.94. The first-order valence-electron chi connectivity index (χ1n) is 6.10. The van der Waals surface area contributed by atoms with E-state index >= 15 is 0 Å². The third kappa shape index (κ3) is 2.86. The van der Waals surface area contributed by atoms with Gasteiger partial charge in [-0.05, 0) is 24.0 Å². The Kier molecular flexibility index (Phi) is 3.80. The smallest absolute Gasteiger partial charge is 0.0631 e. The van der Waals surface area contributed by atoms with Gasteiger partial charge in [0.1, 0.15) is 9.52 Å². The lowest BCUT2D eigenvalue weighted by atomic mass is 9.98. The molecule has 0 aliphatic rings. The lowest BCUT2D eigenvalue weighted by Crippen LogP contribution is -2.30. The molecule has 0 nitrogen and oxygen atoms in total. The molecule has 2 rings (SSSR count). The van der Waals surface area contributed by atoms with Crippen LogP contribution in [-0.4, -0.2) is 9.52 Å². The summed E-state index contributed by atoms with van der Waals surface area (Å²) in [7, 11) is 0.765. The maximum absolute atomic E-state index is 2.28. The molecule has 0 aromatic heterocycles. The van der Waals surface area contributed by atoms with Crippen molar-refractivity contribution in [3.63, 3.8) is 0 Å². The van der Waals surface area contributed by atoms with Crippen molar-refractivity contribution in [3.8, 4) is 0 Å². The predicted molar refractivity (Wildman–Crippen MR) is 76.7 cm³/mol. The molecule has 2 aromatic rings. The minimum Gasteiger partial charge on any atom is -0.0631 e. The highest BCUT2D eigenvalue weighted by atomic mass is 28.2. The third-order valence-electron chi connectivity index (χ3n) is 2.95. The van der Waals surface area contributed by atoms with Crippen molar-refractivity contribution in [1.82, 2.24) is 0 Å². The molecule has 0 saturated carbocycles. The SMILES string of the molecule is Cc1cccc([Si]c2ccccc2)c1C(C)C. The van der Waals surface area contributed by atoms with E-state index < -0.39 is 0 Å². The monoisotopic (exact) mass is 238 g/mol. The Balaban J connectivity index is 2.36. The number of hydrogen-bond donors (Lipinski definition) is 0. The first kappa shape index (κ1) is 12.1. The minimum absolute atomic E-state index is 0.599. The zero-order chi connectivity index (χ0) is 12.3. The second-order valence-electron chi connectivity index (χ2n) is 4.68. The summed E-state index contributed by atoms with van der Waals surface area (Å²) < 4.78 is 0. The van der Waals surface area contributed by atoms with Crippen molar-refractivity contribution in [3.05, 3.63) is 59.7 Å². The molecule has 0 fully saturated rings. The number of hydrogen-bond acceptors (Lipinski definition) is 0. The molecule has 0 N–H and O–H groups in total. The molecular formula is C16H18Si. The normalized spacial score (nSPS) is 10.8. The Morgan fingerprint density at radius 2 is 1.59 bits per heavy atom. The van der Waals surface area contributed by atoms with E-state index in [2.05, 4.69) is 69.3 Å². The van der Waals surface area contributed by atoms with E-state index in [4.69, 9.17) is 0 Å². The van der Waals surface area contributed by atoms with E-state index in [-0.39, 0.29) is 0 Å². The van der Waals surface area contributed by atoms with Crippen LogP contribution in [0.4, 0.5) is 0 Å². The summed E-state index contributed by atoms with van der Waals surface area (Å²) in [5.74, 6) is 0.599. The van der Waals surface area contributed by atoms with Crippen LogP contribution in [0.15, 0.2) is 48.5 Å². The summed E-state index contributed by atoms with van der Waals surface area (Å²) in [6, 6.07) is 17.4. The molecule has 1 heteroatoms. The van der Waals surface area contributed by atoms with Gasteiger partial charge < -0.3 is 0 Å². The van der Waals surface area contributed by atoms with E-state index in [1.807, 2.05) is 0 Å². The number of aryl methyl sites for hydroxylation is 1. The zero-order valence-corrected chi connectivity index (χ0v) is 11.7. The Morgan fingerprint density at radius 1 is 0.882 bits per heavy atom. The molecule has 2 aromatic carbocycles. The van der Waals surface area contributed by atoms with Crippen LogP contribution in [-0.2, 0) is 0 Å². The highest BCUT2D eigenvalue weighted by Crippen LogP contribution is 2.16. The van der Waals surface area contributed by atoms with E-state index in [0.29, 0.717) is 5.92 Å². The van der Waals surface area contributed by atoms with Gasteiger partial charge in [-0.1, -0.05) is 72.8 Å². The van der Waals surface area contributed by atoms with E-state index in [1.165, 1.54) is 21.5 Å². The Hall–Kier alpha value is -1.34. The number of rotatable bonds is 3. The van der Waals surface area contributed by atoms with E-state index in [1.54, 1.807) is 0 Å². The summed E-state index contributed by atoms with van der Waals surface area (Å²) in [4.78, 5) is 0. The molecule has 0 bridgehead atoms. The highest BCUT2D eigenvalue weighted by molar-refractivity contribution is 6.67. The van der Waals surface area contributed by atoms with Crippen LogP contribution >= 0.6 is 0 Å². The van der Waals surface area contributed by atoms with Gasteiger partial charge in [-0.25, -0.2) is 0 Å². The highest BCUT2D eigenvalue weighted by Gasteiger charge is 2.10. The Bertz CT molecular complexity index is 486. The van der Waals surface area contributed by atoms with E-state index in [0.717, 1.165) is 9.52 Å². The molecule has 0 atom stereocenters. The zero-order valence-electron chi connectivity index (χ0n) is 10.7. The van der Waals surface area contributed by atoms with Gasteiger partial charge in [-0.15, -0.1) is 0 Å². The van der Waals surface area contributed by atoms with Crippen LogP contribution in [0, 0.1) is 6.92 Å². The van der Waals surface area contributed by atoms with Crippen LogP contribution in [0.1, 0.15) is 30.9 Å². The largest absolute Gasteiger partial charge is 0.121 e. The van der Waals surface area contributed by atoms with Gasteiger partial charge in [0.2, 0.25) is 0 Å². The van der Waals surface area contributed by atoms with Crippen LogP contribution in [0.25, 0.3) is 0 Å². The van der Waals surface area contributed by atoms with Crippen molar-refractivity contribution in [2.24, 2.45) is 0 Å². The fourth-order valence-electron chi connectivity index (χ4n) is 2.23. The molecule has 0 amide bonds. The predicted octanol–water partition coefficient (Wildman–Crippen LogP) is 2.77. The average Bonchev–Trinajstić information content (AvgIpc) is 2.30. The quantitative estimate of drug-likeness (QED) is 0.721. The summed E-state index contributed by atoms with van der Waals surface area (Å²) >= 11 is 0. The van der Waals surface area contributed by atoms with Gasteiger partial charge in [0.15, 0.2) is 0 Å². The Morgan fingerprint density at radius 3 is 2.24 bits per heavy atom. The van der Waals surface area contributed by atoms with Crippen molar-refractivity contribution < 1.29 is 0 Å². The van der Waals surface area contributed by atoms with Crippen LogP contribution in [0.5, 0.6) is 0 Å². The molecule has 0 aliphatic carbocycles. The summed E-state index contributed by atoms with van der Waals surface area (Å²) in [6.07, 6.45) is 0. The molecule has 0 heterocycles. The van der Waals surface area contributed by atoms with E-state index in [9.17, 15) is 0 Å². The maximum Gasteiger partial charge on any atom is 0.121 e. The lowest BCUT2D eigenvalue weighted by molar-refractivity contribution is 0.863. The average molecular weight is 238 g/mol. The fraction of sp³-hybridized carbons (Fsp3) is 0.250. The van der Waals surface area contributed by atoms with Gasteiger partial charge in [0.05, 0.1) is 0 Å². The van der Waals surface area contributed by atoms with Gasteiger partial charge in [0, 0.05) is 0 Å². The van der Waals surface area contributed by atoms with Crippen LogP contribution in [0.2, 0.25) is 0 Å². The lowest BCUT2D eigenvalue weighted by Gasteiger charge is -2.15. The molecule has 2 radical (unpaired) electrons. The van der Waals surface area contributed by atoms with Crippen molar-refractivity contribution in [2.75, 3.05) is 0 Å². The van der Waals surface area contributed by atoms with Gasteiger partial charge in [-0.3, -0.25) is 0 Å². The molecule has 0 aliphatic heterocycles. The van der Waals surface area contributed by atoms with Crippen molar-refractivity contribution >= 4 is 19.9 Å². The molecule has 0 saturated heterocycles. The van der Waals surface area contributed by atoms with Crippen LogP contribution in [0.3, 0.4) is 0 Å². The molecular weight excluding hydrogens is 220 g/mol. The van der Waals surface area contributed by atoms with Gasteiger partial charge >= 0.3 is 0 Å². The molecule has 0 unspecified atom stereocenters. The fourth-order valence-corrected chi connectivity index (χ4v) is 3.70.